The molecule has 2 aromatic heterocycles. The molecule has 0 unspecified atom stereocenters. The van der Waals surface area contributed by atoms with E-state index in [1.165, 1.54) is 21.0 Å². The number of pyridine rings is 1. The third-order valence-corrected chi connectivity index (χ3v) is 4.05. The second-order valence-electron chi connectivity index (χ2n) is 4.86. The zero-order valence-electron chi connectivity index (χ0n) is 9.90. The highest BCUT2D eigenvalue weighted by Gasteiger charge is 2.20. The van der Waals surface area contributed by atoms with Gasteiger partial charge in [-0.15, -0.1) is 11.3 Å². The second kappa shape index (κ2) is 3.52. The molecule has 0 aliphatic carbocycles. The van der Waals surface area contributed by atoms with E-state index in [9.17, 15) is 0 Å². The van der Waals surface area contributed by atoms with Crippen LogP contribution in [-0.4, -0.2) is 4.98 Å². The van der Waals surface area contributed by atoms with Gasteiger partial charge in [-0.25, -0.2) is 4.98 Å². The van der Waals surface area contributed by atoms with Gasteiger partial charge in [0.2, 0.25) is 0 Å². The lowest BCUT2D eigenvalue weighted by Gasteiger charge is -2.20. The molecule has 0 atom stereocenters. The first kappa shape index (κ1) is 10.7. The zero-order valence-corrected chi connectivity index (χ0v) is 10.7. The van der Waals surface area contributed by atoms with Gasteiger partial charge in [0, 0.05) is 27.2 Å². The van der Waals surface area contributed by atoms with Crippen molar-refractivity contribution in [3.05, 3.63) is 42.1 Å². The molecular weight excluding hydrogens is 228 g/mol. The number of benzene rings is 1. The normalized spacial score (nSPS) is 12.4. The van der Waals surface area contributed by atoms with Gasteiger partial charge in [0.15, 0.2) is 0 Å². The van der Waals surface area contributed by atoms with Gasteiger partial charge in [-0.3, -0.25) is 0 Å². The standard InChI is InChI=1S/C14H14N2S/c1-14(2,15)10-7-8-16-13-12(10)9-5-3-4-6-11(9)17-13/h3-8H,15H2,1-2H3. The summed E-state index contributed by atoms with van der Waals surface area (Å²) in [5.74, 6) is 0. The number of rotatable bonds is 1. The molecule has 0 amide bonds. The Kier molecular flexibility index (Phi) is 2.21. The van der Waals surface area contributed by atoms with E-state index in [-0.39, 0.29) is 5.54 Å². The maximum Gasteiger partial charge on any atom is 0.124 e. The SMILES string of the molecule is CC(C)(N)c1ccnc2sc3ccccc3c12. The van der Waals surface area contributed by atoms with Gasteiger partial charge in [0.25, 0.3) is 0 Å². The number of hydrogen-bond donors (Lipinski definition) is 1. The van der Waals surface area contributed by atoms with E-state index in [0.29, 0.717) is 0 Å². The molecule has 0 aliphatic rings. The van der Waals surface area contributed by atoms with Crippen LogP contribution in [0.3, 0.4) is 0 Å². The molecule has 3 aromatic rings. The summed E-state index contributed by atoms with van der Waals surface area (Å²) in [6.07, 6.45) is 1.85. The Balaban J connectivity index is 2.52. The fourth-order valence-electron chi connectivity index (χ4n) is 2.18. The maximum absolute atomic E-state index is 6.25. The van der Waals surface area contributed by atoms with E-state index in [4.69, 9.17) is 5.73 Å². The first-order chi connectivity index (χ1) is 8.07. The summed E-state index contributed by atoms with van der Waals surface area (Å²) in [4.78, 5) is 5.53. The van der Waals surface area contributed by atoms with Gasteiger partial charge in [-0.1, -0.05) is 18.2 Å². The second-order valence-corrected chi connectivity index (χ2v) is 5.89. The number of fused-ring (bicyclic) bond motifs is 3. The zero-order chi connectivity index (χ0) is 12.0. The van der Waals surface area contributed by atoms with Crippen molar-refractivity contribution in [2.75, 3.05) is 0 Å². The predicted octanol–water partition coefficient (Wildman–Crippen LogP) is 3.64. The van der Waals surface area contributed by atoms with Crippen LogP contribution < -0.4 is 5.73 Å². The summed E-state index contributed by atoms with van der Waals surface area (Å²) in [5.41, 5.74) is 7.07. The van der Waals surface area contributed by atoms with Crippen molar-refractivity contribution in [3.8, 4) is 0 Å². The predicted molar refractivity (Wildman–Crippen MR) is 74.3 cm³/mol. The summed E-state index contributed by atoms with van der Waals surface area (Å²) in [6, 6.07) is 10.4. The van der Waals surface area contributed by atoms with Crippen molar-refractivity contribution in [2.24, 2.45) is 5.73 Å². The van der Waals surface area contributed by atoms with Crippen LogP contribution in [0.25, 0.3) is 20.3 Å². The molecule has 17 heavy (non-hydrogen) atoms. The summed E-state index contributed by atoms with van der Waals surface area (Å²) in [6.45, 7) is 4.07. The Hall–Kier alpha value is -1.45. The highest BCUT2D eigenvalue weighted by molar-refractivity contribution is 7.25. The highest BCUT2D eigenvalue weighted by atomic mass is 32.1. The Morgan fingerprint density at radius 2 is 1.94 bits per heavy atom. The van der Waals surface area contributed by atoms with Crippen LogP contribution in [0.4, 0.5) is 0 Å². The molecule has 86 valence electrons. The molecule has 0 spiro atoms. The Morgan fingerprint density at radius 3 is 2.71 bits per heavy atom. The van der Waals surface area contributed by atoms with Gasteiger partial charge in [-0.05, 0) is 31.5 Å². The number of hydrogen-bond acceptors (Lipinski definition) is 3. The molecule has 0 saturated carbocycles. The largest absolute Gasteiger partial charge is 0.322 e. The van der Waals surface area contributed by atoms with Crippen molar-refractivity contribution in [1.29, 1.82) is 0 Å². The van der Waals surface area contributed by atoms with Crippen LogP contribution in [-0.2, 0) is 5.54 Å². The summed E-state index contributed by atoms with van der Waals surface area (Å²) < 4.78 is 1.27. The van der Waals surface area contributed by atoms with Gasteiger partial charge in [0.1, 0.15) is 4.83 Å². The van der Waals surface area contributed by atoms with Crippen LogP contribution in [0, 0.1) is 0 Å². The molecule has 0 radical (unpaired) electrons. The monoisotopic (exact) mass is 242 g/mol. The van der Waals surface area contributed by atoms with Crippen molar-refractivity contribution < 1.29 is 0 Å². The van der Waals surface area contributed by atoms with Gasteiger partial charge in [-0.2, -0.15) is 0 Å². The fraction of sp³-hybridized carbons (Fsp3) is 0.214. The minimum absolute atomic E-state index is 0.342. The lowest BCUT2D eigenvalue weighted by molar-refractivity contribution is 0.559. The summed E-state index contributed by atoms with van der Waals surface area (Å²) in [5, 5.41) is 2.47. The summed E-state index contributed by atoms with van der Waals surface area (Å²) in [7, 11) is 0. The average Bonchev–Trinajstić information content (AvgIpc) is 2.65. The molecule has 0 bridgehead atoms. The Morgan fingerprint density at radius 1 is 1.18 bits per heavy atom. The van der Waals surface area contributed by atoms with Gasteiger partial charge < -0.3 is 5.73 Å². The first-order valence-corrected chi connectivity index (χ1v) is 6.44. The smallest absolute Gasteiger partial charge is 0.124 e. The van der Waals surface area contributed by atoms with Crippen LogP contribution in [0.15, 0.2) is 36.5 Å². The third-order valence-electron chi connectivity index (χ3n) is 2.97. The van der Waals surface area contributed by atoms with Crippen molar-refractivity contribution in [2.45, 2.75) is 19.4 Å². The van der Waals surface area contributed by atoms with E-state index in [1.54, 1.807) is 11.3 Å². The summed E-state index contributed by atoms with van der Waals surface area (Å²) >= 11 is 1.73. The number of nitrogens with two attached hydrogens (primary N) is 1. The quantitative estimate of drug-likeness (QED) is 0.707. The topological polar surface area (TPSA) is 38.9 Å². The van der Waals surface area contributed by atoms with Crippen molar-refractivity contribution >= 4 is 31.6 Å². The van der Waals surface area contributed by atoms with Crippen LogP contribution in [0.5, 0.6) is 0 Å². The van der Waals surface area contributed by atoms with Crippen LogP contribution in [0.1, 0.15) is 19.4 Å². The van der Waals surface area contributed by atoms with E-state index >= 15 is 0 Å². The molecule has 1 aromatic carbocycles. The van der Waals surface area contributed by atoms with Crippen LogP contribution >= 0.6 is 11.3 Å². The molecular formula is C14H14N2S. The molecule has 0 aliphatic heterocycles. The molecule has 3 rings (SSSR count). The highest BCUT2D eigenvalue weighted by Crippen LogP contribution is 2.37. The Labute approximate surface area is 104 Å². The van der Waals surface area contributed by atoms with Gasteiger partial charge in [0.05, 0.1) is 0 Å². The number of aromatic nitrogens is 1. The third kappa shape index (κ3) is 1.63. The van der Waals surface area contributed by atoms with E-state index in [1.807, 2.05) is 26.1 Å². The average molecular weight is 242 g/mol. The minimum Gasteiger partial charge on any atom is -0.322 e. The molecule has 0 fully saturated rings. The van der Waals surface area contributed by atoms with Gasteiger partial charge >= 0.3 is 0 Å². The van der Waals surface area contributed by atoms with E-state index in [2.05, 4.69) is 29.2 Å². The molecule has 2 nitrogen and oxygen atoms in total. The lowest BCUT2D eigenvalue weighted by atomic mass is 9.93. The molecule has 0 saturated heterocycles. The first-order valence-electron chi connectivity index (χ1n) is 5.63. The van der Waals surface area contributed by atoms with Crippen molar-refractivity contribution in [3.63, 3.8) is 0 Å². The van der Waals surface area contributed by atoms with Crippen molar-refractivity contribution in [1.82, 2.24) is 4.98 Å². The molecule has 2 N–H and O–H groups in total. The molecule has 3 heteroatoms. The molecule has 2 heterocycles. The Bertz CT molecular complexity index is 692. The number of thiophene rings is 1. The van der Waals surface area contributed by atoms with E-state index < -0.39 is 0 Å². The number of nitrogens with zero attached hydrogens (tertiary/aromatic N) is 1. The minimum atomic E-state index is -0.342. The maximum atomic E-state index is 6.25. The lowest BCUT2D eigenvalue weighted by Crippen LogP contribution is -2.28. The fourth-order valence-corrected chi connectivity index (χ4v) is 3.25. The van der Waals surface area contributed by atoms with E-state index in [0.717, 1.165) is 4.83 Å². The van der Waals surface area contributed by atoms with Crippen LogP contribution in [0.2, 0.25) is 0 Å².